The van der Waals surface area contributed by atoms with Crippen molar-refractivity contribution in [3.8, 4) is 0 Å². The van der Waals surface area contributed by atoms with Gasteiger partial charge in [0, 0.05) is 32.4 Å². The molecule has 0 saturated heterocycles. The molecule has 0 aliphatic heterocycles. The molecule has 0 saturated carbocycles. The van der Waals surface area contributed by atoms with Gasteiger partial charge in [0.25, 0.3) is 0 Å². The van der Waals surface area contributed by atoms with Crippen molar-refractivity contribution in [2.75, 3.05) is 45.7 Å². The van der Waals surface area contributed by atoms with Gasteiger partial charge >= 0.3 is 0 Å². The fourth-order valence-electron chi connectivity index (χ4n) is 1.67. The van der Waals surface area contributed by atoms with E-state index in [0.717, 1.165) is 25.2 Å². The van der Waals surface area contributed by atoms with Crippen LogP contribution in [0.2, 0.25) is 0 Å². The fourth-order valence-corrected chi connectivity index (χ4v) is 1.67. The van der Waals surface area contributed by atoms with E-state index >= 15 is 0 Å². The summed E-state index contributed by atoms with van der Waals surface area (Å²) >= 11 is 0. The molecule has 0 bridgehead atoms. The summed E-state index contributed by atoms with van der Waals surface area (Å²) in [4.78, 5) is 2.19. The van der Waals surface area contributed by atoms with E-state index < -0.39 is 0 Å². The third-order valence-corrected chi connectivity index (χ3v) is 2.72. The SMILES string of the molecule is COCCN(CCO)CCc1ccc(N)cc1. The topological polar surface area (TPSA) is 58.7 Å². The van der Waals surface area contributed by atoms with Crippen molar-refractivity contribution in [1.29, 1.82) is 0 Å². The highest BCUT2D eigenvalue weighted by Crippen LogP contribution is 2.06. The van der Waals surface area contributed by atoms with Gasteiger partial charge in [-0.3, -0.25) is 4.90 Å². The first-order chi connectivity index (χ1) is 8.26. The van der Waals surface area contributed by atoms with Crippen LogP contribution in [0.1, 0.15) is 5.56 Å². The minimum absolute atomic E-state index is 0.186. The number of anilines is 1. The van der Waals surface area contributed by atoms with Crippen LogP contribution in [-0.2, 0) is 11.2 Å². The van der Waals surface area contributed by atoms with E-state index in [1.54, 1.807) is 7.11 Å². The van der Waals surface area contributed by atoms with E-state index in [9.17, 15) is 0 Å². The summed E-state index contributed by atoms with van der Waals surface area (Å²) < 4.78 is 5.05. The second-order valence-corrected chi connectivity index (χ2v) is 4.05. The van der Waals surface area contributed by atoms with Crippen molar-refractivity contribution in [2.45, 2.75) is 6.42 Å². The maximum absolute atomic E-state index is 8.97. The van der Waals surface area contributed by atoms with Crippen molar-refractivity contribution in [3.63, 3.8) is 0 Å². The van der Waals surface area contributed by atoms with Gasteiger partial charge in [-0.15, -0.1) is 0 Å². The van der Waals surface area contributed by atoms with Crippen LogP contribution in [0.15, 0.2) is 24.3 Å². The molecule has 1 aromatic carbocycles. The third kappa shape index (κ3) is 5.68. The number of nitrogens with zero attached hydrogens (tertiary/aromatic N) is 1. The Morgan fingerprint density at radius 1 is 1.18 bits per heavy atom. The van der Waals surface area contributed by atoms with E-state index in [-0.39, 0.29) is 6.61 Å². The Bertz CT molecular complexity index is 301. The maximum Gasteiger partial charge on any atom is 0.0589 e. The predicted octanol–water partition coefficient (Wildman–Crippen LogP) is 0.752. The van der Waals surface area contributed by atoms with Crippen LogP contribution < -0.4 is 5.73 Å². The van der Waals surface area contributed by atoms with E-state index in [2.05, 4.69) is 4.90 Å². The second kappa shape index (κ2) is 8.06. The summed E-state index contributed by atoms with van der Waals surface area (Å²) in [5.41, 5.74) is 7.69. The number of aliphatic hydroxyl groups is 1. The molecule has 0 radical (unpaired) electrons. The van der Waals surface area contributed by atoms with Crippen molar-refractivity contribution in [3.05, 3.63) is 29.8 Å². The summed E-state index contributed by atoms with van der Waals surface area (Å²) in [6.45, 7) is 3.35. The average molecular weight is 238 g/mol. The summed E-state index contributed by atoms with van der Waals surface area (Å²) in [6.07, 6.45) is 0.962. The van der Waals surface area contributed by atoms with Crippen LogP contribution in [-0.4, -0.2) is 50.0 Å². The molecule has 0 unspecified atom stereocenters. The number of aliphatic hydroxyl groups excluding tert-OH is 1. The van der Waals surface area contributed by atoms with Gasteiger partial charge in [-0.05, 0) is 24.1 Å². The molecule has 96 valence electrons. The van der Waals surface area contributed by atoms with Gasteiger partial charge in [-0.1, -0.05) is 12.1 Å². The van der Waals surface area contributed by atoms with Gasteiger partial charge in [0.05, 0.1) is 13.2 Å². The molecule has 3 N–H and O–H groups in total. The Balaban J connectivity index is 2.37. The van der Waals surface area contributed by atoms with Crippen LogP contribution in [0.5, 0.6) is 0 Å². The van der Waals surface area contributed by atoms with Gasteiger partial charge in [0.2, 0.25) is 0 Å². The van der Waals surface area contributed by atoms with Crippen molar-refractivity contribution >= 4 is 5.69 Å². The number of rotatable bonds is 8. The van der Waals surface area contributed by atoms with Crippen LogP contribution in [0.4, 0.5) is 5.69 Å². The summed E-state index contributed by atoms with van der Waals surface area (Å²) in [6, 6.07) is 7.92. The molecule has 0 spiro atoms. The van der Waals surface area contributed by atoms with Gasteiger partial charge in [0.15, 0.2) is 0 Å². The average Bonchev–Trinajstić information content (AvgIpc) is 2.35. The van der Waals surface area contributed by atoms with Gasteiger partial charge < -0.3 is 15.6 Å². The highest BCUT2D eigenvalue weighted by Gasteiger charge is 2.04. The highest BCUT2D eigenvalue weighted by molar-refractivity contribution is 5.39. The largest absolute Gasteiger partial charge is 0.399 e. The smallest absolute Gasteiger partial charge is 0.0589 e. The van der Waals surface area contributed by atoms with Gasteiger partial charge in [-0.25, -0.2) is 0 Å². The lowest BCUT2D eigenvalue weighted by Gasteiger charge is -2.20. The molecule has 4 nitrogen and oxygen atoms in total. The quantitative estimate of drug-likeness (QED) is 0.656. The molecular formula is C13H22N2O2. The Morgan fingerprint density at radius 2 is 1.88 bits per heavy atom. The molecule has 1 aromatic rings. The number of hydrogen-bond acceptors (Lipinski definition) is 4. The first kappa shape index (κ1) is 14.0. The first-order valence-electron chi connectivity index (χ1n) is 5.93. The lowest BCUT2D eigenvalue weighted by atomic mass is 10.1. The summed E-state index contributed by atoms with van der Waals surface area (Å²) in [5, 5.41) is 8.97. The molecule has 0 heterocycles. The maximum atomic E-state index is 8.97. The van der Waals surface area contributed by atoms with Gasteiger partial charge in [-0.2, -0.15) is 0 Å². The zero-order chi connectivity index (χ0) is 12.5. The highest BCUT2D eigenvalue weighted by atomic mass is 16.5. The standard InChI is InChI=1S/C13H22N2O2/c1-17-11-9-15(8-10-16)7-6-12-2-4-13(14)5-3-12/h2-5,16H,6-11,14H2,1H3. The minimum atomic E-state index is 0.186. The zero-order valence-corrected chi connectivity index (χ0v) is 10.4. The monoisotopic (exact) mass is 238 g/mol. The van der Waals surface area contributed by atoms with E-state index in [0.29, 0.717) is 13.2 Å². The van der Waals surface area contributed by atoms with E-state index in [1.165, 1.54) is 5.56 Å². The van der Waals surface area contributed by atoms with E-state index in [1.807, 2.05) is 24.3 Å². The Kier molecular flexibility index (Phi) is 6.62. The molecule has 1 rings (SSSR count). The van der Waals surface area contributed by atoms with Crippen LogP contribution in [0, 0.1) is 0 Å². The minimum Gasteiger partial charge on any atom is -0.399 e. The molecule has 4 heteroatoms. The number of hydrogen-bond donors (Lipinski definition) is 2. The van der Waals surface area contributed by atoms with Crippen LogP contribution in [0.3, 0.4) is 0 Å². The van der Waals surface area contributed by atoms with Crippen molar-refractivity contribution in [2.24, 2.45) is 0 Å². The number of nitrogens with two attached hydrogens (primary N) is 1. The summed E-state index contributed by atoms with van der Waals surface area (Å²) in [5.74, 6) is 0. The van der Waals surface area contributed by atoms with Gasteiger partial charge in [0.1, 0.15) is 0 Å². The number of benzene rings is 1. The molecule has 0 fully saturated rings. The number of nitrogen functional groups attached to an aromatic ring is 1. The van der Waals surface area contributed by atoms with Crippen LogP contribution >= 0.6 is 0 Å². The normalized spacial score (nSPS) is 11.0. The molecule has 17 heavy (non-hydrogen) atoms. The molecule has 0 aromatic heterocycles. The van der Waals surface area contributed by atoms with Crippen molar-refractivity contribution < 1.29 is 9.84 Å². The molecule has 0 aliphatic rings. The lowest BCUT2D eigenvalue weighted by Crippen LogP contribution is -2.32. The molecule has 0 aliphatic carbocycles. The lowest BCUT2D eigenvalue weighted by molar-refractivity contribution is 0.131. The third-order valence-electron chi connectivity index (χ3n) is 2.72. The second-order valence-electron chi connectivity index (χ2n) is 4.05. The summed E-state index contributed by atoms with van der Waals surface area (Å²) in [7, 11) is 1.69. The Labute approximate surface area is 103 Å². The number of methoxy groups -OCH3 is 1. The first-order valence-corrected chi connectivity index (χ1v) is 5.93. The number of ether oxygens (including phenoxy) is 1. The molecule has 0 atom stereocenters. The predicted molar refractivity (Wildman–Crippen MR) is 70.0 cm³/mol. The van der Waals surface area contributed by atoms with E-state index in [4.69, 9.17) is 15.6 Å². The Morgan fingerprint density at radius 3 is 2.47 bits per heavy atom. The van der Waals surface area contributed by atoms with Crippen LogP contribution in [0.25, 0.3) is 0 Å². The fraction of sp³-hybridized carbons (Fsp3) is 0.538. The Hall–Kier alpha value is -1.10. The molecular weight excluding hydrogens is 216 g/mol. The van der Waals surface area contributed by atoms with Crippen molar-refractivity contribution in [1.82, 2.24) is 4.90 Å². The zero-order valence-electron chi connectivity index (χ0n) is 10.4. The molecule has 0 amide bonds.